The number of rotatable bonds is 5. The molecule has 1 aliphatic heterocycles. The van der Waals surface area contributed by atoms with Crippen LogP contribution in [0.4, 0.5) is 0 Å². The third-order valence-corrected chi connectivity index (χ3v) is 1.85. The van der Waals surface area contributed by atoms with Crippen molar-refractivity contribution >= 4 is 0 Å². The number of unbranched alkanes of at least 4 members (excludes halogenated alkanes) is 3. The topological polar surface area (TPSA) is 25.1 Å². The molecule has 1 fully saturated rings. The third kappa shape index (κ3) is 2.67. The lowest BCUT2D eigenvalue weighted by Crippen LogP contribution is -2.01. The Morgan fingerprint density at radius 2 is 1.80 bits per heavy atom. The lowest BCUT2D eigenvalue weighted by molar-refractivity contribution is 0.0850. The molecule has 1 rings (SSSR count). The molecule has 0 bridgehead atoms. The minimum absolute atomic E-state index is 0.201. The molecule has 0 aliphatic carbocycles. The Kier molecular flexibility index (Phi) is 2.69. The SMILES string of the molecule is CCCCCCC1(C)OO1. The molecule has 0 radical (unpaired) electrons. The minimum Gasteiger partial charge on any atom is -0.195 e. The highest BCUT2D eigenvalue weighted by Crippen LogP contribution is 2.33. The van der Waals surface area contributed by atoms with Gasteiger partial charge in [-0.3, -0.25) is 0 Å². The van der Waals surface area contributed by atoms with E-state index in [1.807, 2.05) is 6.92 Å². The van der Waals surface area contributed by atoms with Crippen LogP contribution < -0.4 is 0 Å². The second-order valence-corrected chi connectivity index (χ2v) is 3.11. The lowest BCUT2D eigenvalue weighted by Gasteiger charge is -1.98. The van der Waals surface area contributed by atoms with E-state index in [0.29, 0.717) is 0 Å². The maximum atomic E-state index is 4.78. The average molecular weight is 144 g/mol. The first-order valence-electron chi connectivity index (χ1n) is 4.14. The van der Waals surface area contributed by atoms with Crippen LogP contribution >= 0.6 is 0 Å². The van der Waals surface area contributed by atoms with Crippen LogP contribution in [-0.4, -0.2) is 5.79 Å². The van der Waals surface area contributed by atoms with Crippen LogP contribution in [0.3, 0.4) is 0 Å². The normalized spacial score (nSPS) is 21.0. The lowest BCUT2D eigenvalue weighted by atomic mass is 10.1. The Morgan fingerprint density at radius 3 is 2.30 bits per heavy atom. The highest BCUT2D eigenvalue weighted by Gasteiger charge is 2.42. The highest BCUT2D eigenvalue weighted by molar-refractivity contribution is 4.66. The van der Waals surface area contributed by atoms with Crippen LogP contribution in [0.15, 0.2) is 0 Å². The molecule has 0 unspecified atom stereocenters. The summed E-state index contributed by atoms with van der Waals surface area (Å²) in [6, 6.07) is 0. The standard InChI is InChI=1S/C8H16O2/c1-3-4-5-6-7-8(2)9-10-8/h3-7H2,1-2H3. The van der Waals surface area contributed by atoms with Gasteiger partial charge in [0.15, 0.2) is 0 Å². The molecule has 0 aromatic heterocycles. The predicted molar refractivity (Wildman–Crippen MR) is 39.3 cm³/mol. The average Bonchev–Trinajstić information content (AvgIpc) is 2.62. The van der Waals surface area contributed by atoms with Crippen molar-refractivity contribution in [1.29, 1.82) is 0 Å². The summed E-state index contributed by atoms with van der Waals surface area (Å²) in [5.74, 6) is -0.201. The zero-order valence-corrected chi connectivity index (χ0v) is 6.85. The zero-order chi connectivity index (χ0) is 7.45. The van der Waals surface area contributed by atoms with E-state index in [0.717, 1.165) is 6.42 Å². The summed E-state index contributed by atoms with van der Waals surface area (Å²) < 4.78 is 0. The van der Waals surface area contributed by atoms with Crippen LogP contribution in [0.1, 0.15) is 46.0 Å². The highest BCUT2D eigenvalue weighted by atomic mass is 17.4. The van der Waals surface area contributed by atoms with Crippen molar-refractivity contribution in [2.24, 2.45) is 0 Å². The molecule has 2 nitrogen and oxygen atoms in total. The van der Waals surface area contributed by atoms with Gasteiger partial charge in [-0.25, -0.2) is 0 Å². The molecule has 0 N–H and O–H groups in total. The van der Waals surface area contributed by atoms with Gasteiger partial charge in [-0.1, -0.05) is 26.2 Å². The molecule has 0 aromatic rings. The summed E-state index contributed by atoms with van der Waals surface area (Å²) >= 11 is 0. The fraction of sp³-hybridized carbons (Fsp3) is 1.00. The number of hydrogen-bond acceptors (Lipinski definition) is 2. The van der Waals surface area contributed by atoms with Crippen LogP contribution in [0.25, 0.3) is 0 Å². The van der Waals surface area contributed by atoms with Crippen molar-refractivity contribution in [1.82, 2.24) is 0 Å². The van der Waals surface area contributed by atoms with E-state index in [2.05, 4.69) is 6.92 Å². The van der Waals surface area contributed by atoms with Gasteiger partial charge < -0.3 is 0 Å². The Bertz CT molecular complexity index is 97.4. The van der Waals surface area contributed by atoms with Crippen molar-refractivity contribution in [2.45, 2.75) is 51.7 Å². The summed E-state index contributed by atoms with van der Waals surface area (Å²) in [6.07, 6.45) is 6.20. The summed E-state index contributed by atoms with van der Waals surface area (Å²) in [4.78, 5) is 9.55. The molecule has 0 amide bonds. The molecule has 10 heavy (non-hydrogen) atoms. The molecule has 0 aromatic carbocycles. The first-order valence-corrected chi connectivity index (χ1v) is 4.14. The molecule has 0 atom stereocenters. The summed E-state index contributed by atoms with van der Waals surface area (Å²) in [5.41, 5.74) is 0. The van der Waals surface area contributed by atoms with E-state index < -0.39 is 0 Å². The van der Waals surface area contributed by atoms with Gasteiger partial charge in [-0.2, -0.15) is 9.78 Å². The summed E-state index contributed by atoms with van der Waals surface area (Å²) in [6.45, 7) is 4.20. The second-order valence-electron chi connectivity index (χ2n) is 3.11. The molecule has 1 heterocycles. The van der Waals surface area contributed by atoms with Gasteiger partial charge in [-0.15, -0.1) is 0 Å². The monoisotopic (exact) mass is 144 g/mol. The van der Waals surface area contributed by atoms with Crippen LogP contribution in [0.5, 0.6) is 0 Å². The van der Waals surface area contributed by atoms with Crippen molar-refractivity contribution in [3.63, 3.8) is 0 Å². The van der Waals surface area contributed by atoms with E-state index in [1.54, 1.807) is 0 Å². The van der Waals surface area contributed by atoms with E-state index in [1.165, 1.54) is 25.7 Å². The van der Waals surface area contributed by atoms with Crippen LogP contribution in [-0.2, 0) is 9.78 Å². The summed E-state index contributed by atoms with van der Waals surface area (Å²) in [7, 11) is 0. The maximum Gasteiger partial charge on any atom is 0.231 e. The molecule has 0 saturated carbocycles. The first-order chi connectivity index (χ1) is 4.77. The quantitative estimate of drug-likeness (QED) is 0.336. The van der Waals surface area contributed by atoms with Crippen molar-refractivity contribution in [3.8, 4) is 0 Å². The predicted octanol–water partition coefficient (Wildman–Crippen LogP) is 2.63. The van der Waals surface area contributed by atoms with Crippen molar-refractivity contribution < 1.29 is 9.78 Å². The van der Waals surface area contributed by atoms with Gasteiger partial charge in [0.1, 0.15) is 0 Å². The van der Waals surface area contributed by atoms with Gasteiger partial charge in [0.25, 0.3) is 0 Å². The first kappa shape index (κ1) is 8.02. The Balaban J connectivity index is 1.86. The van der Waals surface area contributed by atoms with E-state index in [-0.39, 0.29) is 5.79 Å². The Morgan fingerprint density at radius 1 is 1.10 bits per heavy atom. The fourth-order valence-corrected chi connectivity index (χ4v) is 1.03. The Labute approximate surface area is 62.4 Å². The fourth-order valence-electron chi connectivity index (χ4n) is 1.03. The minimum atomic E-state index is -0.201. The molecule has 1 saturated heterocycles. The van der Waals surface area contributed by atoms with E-state index in [4.69, 9.17) is 9.78 Å². The van der Waals surface area contributed by atoms with Gasteiger partial charge in [-0.05, 0) is 13.3 Å². The van der Waals surface area contributed by atoms with Crippen LogP contribution in [0, 0.1) is 0 Å². The molecular formula is C8H16O2. The zero-order valence-electron chi connectivity index (χ0n) is 6.85. The van der Waals surface area contributed by atoms with Crippen molar-refractivity contribution in [3.05, 3.63) is 0 Å². The van der Waals surface area contributed by atoms with Gasteiger partial charge in [0.2, 0.25) is 5.79 Å². The van der Waals surface area contributed by atoms with Gasteiger partial charge >= 0.3 is 0 Å². The smallest absolute Gasteiger partial charge is 0.195 e. The maximum absolute atomic E-state index is 4.78. The molecule has 1 aliphatic rings. The van der Waals surface area contributed by atoms with Crippen LogP contribution in [0.2, 0.25) is 0 Å². The van der Waals surface area contributed by atoms with Gasteiger partial charge in [0, 0.05) is 6.42 Å². The molecule has 60 valence electrons. The largest absolute Gasteiger partial charge is 0.231 e. The molecular weight excluding hydrogens is 128 g/mol. The summed E-state index contributed by atoms with van der Waals surface area (Å²) in [5, 5.41) is 0. The van der Waals surface area contributed by atoms with E-state index in [9.17, 15) is 0 Å². The van der Waals surface area contributed by atoms with Gasteiger partial charge in [0.05, 0.1) is 0 Å². The third-order valence-electron chi connectivity index (χ3n) is 1.85. The van der Waals surface area contributed by atoms with Crippen molar-refractivity contribution in [2.75, 3.05) is 0 Å². The van der Waals surface area contributed by atoms with E-state index >= 15 is 0 Å². The molecule has 0 spiro atoms. The Hall–Kier alpha value is -0.0800. The second kappa shape index (κ2) is 3.35. The number of hydrogen-bond donors (Lipinski definition) is 0. The molecule has 2 heteroatoms.